The number of nitrogens with one attached hydrogen (secondary N) is 1. The minimum atomic E-state index is 0.544. The molecule has 6 heteroatoms. The molecule has 0 amide bonds. The van der Waals surface area contributed by atoms with Crippen LogP contribution in [0.2, 0.25) is 5.02 Å². The van der Waals surface area contributed by atoms with Crippen LogP contribution in [0.5, 0.6) is 11.5 Å². The van der Waals surface area contributed by atoms with Crippen molar-refractivity contribution < 1.29 is 9.47 Å². The van der Waals surface area contributed by atoms with E-state index in [4.69, 9.17) is 21.1 Å². The summed E-state index contributed by atoms with van der Waals surface area (Å²) in [4.78, 5) is 4.15. The van der Waals surface area contributed by atoms with E-state index in [9.17, 15) is 0 Å². The first kappa shape index (κ1) is 14.9. The maximum Gasteiger partial charge on any atom is 0.179 e. The molecule has 106 valence electrons. The number of hydrogen-bond acceptors (Lipinski definition) is 4. The van der Waals surface area contributed by atoms with Crippen LogP contribution in [-0.2, 0) is 6.54 Å². The summed E-state index contributed by atoms with van der Waals surface area (Å²) in [5.41, 5.74) is 1.84. The lowest BCUT2D eigenvalue weighted by atomic mass is 10.2. The first-order valence-corrected chi connectivity index (χ1v) is 7.07. The lowest BCUT2D eigenvalue weighted by Crippen LogP contribution is -2.02. The number of methoxy groups -OCH3 is 2. The summed E-state index contributed by atoms with van der Waals surface area (Å²) in [6.45, 7) is 0.572. The molecule has 0 aliphatic heterocycles. The van der Waals surface area contributed by atoms with Gasteiger partial charge in [-0.05, 0) is 39.7 Å². The number of hydrogen-bond donors (Lipinski definition) is 1. The van der Waals surface area contributed by atoms with Gasteiger partial charge < -0.3 is 14.8 Å². The van der Waals surface area contributed by atoms with Gasteiger partial charge in [-0.15, -0.1) is 0 Å². The molecule has 0 radical (unpaired) electrons. The van der Waals surface area contributed by atoms with E-state index in [0.29, 0.717) is 23.1 Å². The van der Waals surface area contributed by atoms with Gasteiger partial charge in [0.25, 0.3) is 0 Å². The summed E-state index contributed by atoms with van der Waals surface area (Å²) >= 11 is 9.61. The maximum atomic E-state index is 6.32. The van der Waals surface area contributed by atoms with Crippen molar-refractivity contribution in [2.75, 3.05) is 19.5 Å². The molecule has 0 spiro atoms. The molecule has 0 aliphatic carbocycles. The van der Waals surface area contributed by atoms with Crippen LogP contribution in [0.25, 0.3) is 0 Å². The van der Waals surface area contributed by atoms with Crippen molar-refractivity contribution in [1.82, 2.24) is 4.98 Å². The highest BCUT2D eigenvalue weighted by molar-refractivity contribution is 9.10. The van der Waals surface area contributed by atoms with Crippen molar-refractivity contribution in [3.8, 4) is 11.5 Å². The lowest BCUT2D eigenvalue weighted by Gasteiger charge is -2.13. The van der Waals surface area contributed by atoms with Crippen LogP contribution in [-0.4, -0.2) is 19.2 Å². The second-order valence-corrected chi connectivity index (χ2v) is 5.19. The van der Waals surface area contributed by atoms with Crippen LogP contribution < -0.4 is 14.8 Å². The fourth-order valence-corrected chi connectivity index (χ4v) is 2.28. The number of rotatable bonds is 5. The predicted octanol–water partition coefficient (Wildman–Crippen LogP) is 4.13. The van der Waals surface area contributed by atoms with Crippen molar-refractivity contribution in [2.24, 2.45) is 0 Å². The molecule has 0 saturated heterocycles. The summed E-state index contributed by atoms with van der Waals surface area (Å²) in [6, 6.07) is 7.55. The standard InChI is InChI=1S/C14H14BrClN2O2/c1-19-11-5-3-9(13(16)14(11)20-2)7-17-10-4-6-12(15)18-8-10/h3-6,8,17H,7H2,1-2H3. The Kier molecular flexibility index (Phi) is 5.09. The molecule has 0 unspecified atom stereocenters. The van der Waals surface area contributed by atoms with E-state index in [1.54, 1.807) is 20.4 Å². The van der Waals surface area contributed by atoms with E-state index in [1.165, 1.54) is 0 Å². The van der Waals surface area contributed by atoms with Gasteiger partial charge in [-0.3, -0.25) is 0 Å². The highest BCUT2D eigenvalue weighted by atomic mass is 79.9. The van der Waals surface area contributed by atoms with E-state index >= 15 is 0 Å². The Morgan fingerprint density at radius 3 is 2.60 bits per heavy atom. The Morgan fingerprint density at radius 1 is 1.20 bits per heavy atom. The fraction of sp³-hybridized carbons (Fsp3) is 0.214. The molecule has 1 aromatic heterocycles. The van der Waals surface area contributed by atoms with Gasteiger partial charge >= 0.3 is 0 Å². The third kappa shape index (κ3) is 3.35. The molecule has 0 bridgehead atoms. The van der Waals surface area contributed by atoms with Gasteiger partial charge in [0.2, 0.25) is 0 Å². The molecule has 0 aliphatic rings. The van der Waals surface area contributed by atoms with Crippen molar-refractivity contribution in [2.45, 2.75) is 6.54 Å². The molecular weight excluding hydrogens is 344 g/mol. The van der Waals surface area contributed by atoms with E-state index in [1.807, 2.05) is 24.3 Å². The number of anilines is 1. The number of nitrogens with zero attached hydrogens (tertiary/aromatic N) is 1. The largest absolute Gasteiger partial charge is 0.493 e. The normalized spacial score (nSPS) is 10.2. The Hall–Kier alpha value is -1.46. The average Bonchev–Trinajstić information content (AvgIpc) is 2.47. The van der Waals surface area contributed by atoms with Gasteiger partial charge in [0.05, 0.1) is 31.1 Å². The number of pyridine rings is 1. The van der Waals surface area contributed by atoms with E-state index < -0.39 is 0 Å². The van der Waals surface area contributed by atoms with Gasteiger partial charge in [-0.2, -0.15) is 0 Å². The monoisotopic (exact) mass is 356 g/mol. The van der Waals surface area contributed by atoms with Crippen LogP contribution in [0.1, 0.15) is 5.56 Å². The molecular formula is C14H14BrClN2O2. The quantitative estimate of drug-likeness (QED) is 0.817. The molecule has 0 saturated carbocycles. The average molecular weight is 358 g/mol. The van der Waals surface area contributed by atoms with Crippen LogP contribution in [0.15, 0.2) is 35.1 Å². The van der Waals surface area contributed by atoms with E-state index in [-0.39, 0.29) is 0 Å². The zero-order chi connectivity index (χ0) is 14.5. The molecule has 1 heterocycles. The van der Waals surface area contributed by atoms with E-state index in [2.05, 4.69) is 26.2 Å². The first-order chi connectivity index (χ1) is 9.65. The van der Waals surface area contributed by atoms with Crippen LogP contribution in [0.4, 0.5) is 5.69 Å². The molecule has 4 nitrogen and oxygen atoms in total. The van der Waals surface area contributed by atoms with Crippen LogP contribution in [0.3, 0.4) is 0 Å². The van der Waals surface area contributed by atoms with Crippen LogP contribution in [0, 0.1) is 0 Å². The molecule has 20 heavy (non-hydrogen) atoms. The summed E-state index contributed by atoms with van der Waals surface area (Å²) in [5, 5.41) is 3.80. The SMILES string of the molecule is COc1ccc(CNc2ccc(Br)nc2)c(Cl)c1OC. The molecule has 1 N–H and O–H groups in total. The number of ether oxygens (including phenoxy) is 2. The molecule has 0 fully saturated rings. The third-order valence-electron chi connectivity index (χ3n) is 2.78. The summed E-state index contributed by atoms with van der Waals surface area (Å²) in [6.07, 6.45) is 1.75. The van der Waals surface area contributed by atoms with Gasteiger partial charge in [0, 0.05) is 6.54 Å². The van der Waals surface area contributed by atoms with Crippen LogP contribution >= 0.6 is 27.5 Å². The Balaban J connectivity index is 2.15. The predicted molar refractivity (Wildman–Crippen MR) is 83.8 cm³/mol. The van der Waals surface area contributed by atoms with Crippen molar-refractivity contribution >= 4 is 33.2 Å². The first-order valence-electron chi connectivity index (χ1n) is 5.90. The smallest absolute Gasteiger partial charge is 0.179 e. The van der Waals surface area contributed by atoms with Gasteiger partial charge in [-0.25, -0.2) is 4.98 Å². The molecule has 2 aromatic rings. The Bertz CT molecular complexity index is 590. The number of aromatic nitrogens is 1. The highest BCUT2D eigenvalue weighted by Crippen LogP contribution is 2.37. The molecule has 0 atom stereocenters. The zero-order valence-electron chi connectivity index (χ0n) is 11.1. The van der Waals surface area contributed by atoms with Crippen molar-refractivity contribution in [3.63, 3.8) is 0 Å². The van der Waals surface area contributed by atoms with E-state index in [0.717, 1.165) is 15.9 Å². The minimum absolute atomic E-state index is 0.544. The Morgan fingerprint density at radius 2 is 2.00 bits per heavy atom. The highest BCUT2D eigenvalue weighted by Gasteiger charge is 2.12. The lowest BCUT2D eigenvalue weighted by molar-refractivity contribution is 0.355. The number of benzene rings is 1. The Labute approximate surface area is 131 Å². The second kappa shape index (κ2) is 6.81. The van der Waals surface area contributed by atoms with Gasteiger partial charge in [0.1, 0.15) is 4.60 Å². The zero-order valence-corrected chi connectivity index (χ0v) is 13.5. The van der Waals surface area contributed by atoms with Crippen molar-refractivity contribution in [1.29, 1.82) is 0 Å². The van der Waals surface area contributed by atoms with Crippen molar-refractivity contribution in [3.05, 3.63) is 45.7 Å². The molecule has 1 aromatic carbocycles. The topological polar surface area (TPSA) is 43.4 Å². The van der Waals surface area contributed by atoms with Gasteiger partial charge in [0.15, 0.2) is 11.5 Å². The van der Waals surface area contributed by atoms with Gasteiger partial charge in [-0.1, -0.05) is 17.7 Å². The third-order valence-corrected chi connectivity index (χ3v) is 3.66. The second-order valence-electron chi connectivity index (χ2n) is 4.00. The molecule has 2 rings (SSSR count). The number of halogens is 2. The maximum absolute atomic E-state index is 6.32. The fourth-order valence-electron chi connectivity index (χ4n) is 1.74. The minimum Gasteiger partial charge on any atom is -0.493 e. The summed E-state index contributed by atoms with van der Waals surface area (Å²) < 4.78 is 11.3. The summed E-state index contributed by atoms with van der Waals surface area (Å²) in [5.74, 6) is 1.16. The summed E-state index contributed by atoms with van der Waals surface area (Å²) in [7, 11) is 3.15.